The Bertz CT molecular complexity index is 266. The van der Waals surface area contributed by atoms with E-state index in [1.807, 2.05) is 0 Å². The van der Waals surface area contributed by atoms with Crippen molar-refractivity contribution in [1.29, 1.82) is 0 Å². The van der Waals surface area contributed by atoms with E-state index in [9.17, 15) is 0 Å². The molecule has 0 aromatic rings. The fraction of sp³-hybridized carbons (Fsp3) is 1.00. The molecular formula is C12H34N2Si4. The molecule has 0 radical (unpaired) electrons. The van der Waals surface area contributed by atoms with Crippen LogP contribution in [0.4, 0.5) is 0 Å². The summed E-state index contributed by atoms with van der Waals surface area (Å²) < 4.78 is 5.85. The Hall–Kier alpha value is 0.788. The van der Waals surface area contributed by atoms with Crippen LogP contribution in [-0.2, 0) is 0 Å². The van der Waals surface area contributed by atoms with Gasteiger partial charge in [-0.05, 0) is 25.4 Å². The third-order valence-electron chi connectivity index (χ3n) is 5.36. The normalized spacial score (nSPS) is 31.7. The van der Waals surface area contributed by atoms with Gasteiger partial charge in [0.15, 0.2) is 0 Å². The molecule has 0 atom stereocenters. The molecule has 6 heteroatoms. The Morgan fingerprint density at radius 1 is 0.500 bits per heavy atom. The number of hydrogen-bond acceptors (Lipinski definition) is 2. The van der Waals surface area contributed by atoms with Crippen LogP contribution in [-0.4, -0.2) is 55.5 Å². The number of nitrogens with zero attached hydrogens (tertiary/aromatic N) is 2. The van der Waals surface area contributed by atoms with Crippen molar-refractivity contribution in [3.63, 3.8) is 0 Å². The van der Waals surface area contributed by atoms with Gasteiger partial charge in [0.25, 0.3) is 0 Å². The predicted molar refractivity (Wildman–Crippen MR) is 95.1 cm³/mol. The highest BCUT2D eigenvalue weighted by molar-refractivity contribution is 7.08. The molecule has 1 fully saturated rings. The first-order chi connectivity index (χ1) is 7.72. The van der Waals surface area contributed by atoms with Crippen molar-refractivity contribution in [3.05, 3.63) is 0 Å². The Balaban J connectivity index is 3.25. The number of rotatable bonds is 0. The maximum Gasteiger partial charge on any atom is 0.113 e. The van der Waals surface area contributed by atoms with E-state index >= 15 is 0 Å². The van der Waals surface area contributed by atoms with Crippen LogP contribution in [0.15, 0.2) is 0 Å². The second-order valence-electron chi connectivity index (χ2n) is 8.72. The maximum atomic E-state index is 2.93. The van der Waals surface area contributed by atoms with Crippen molar-refractivity contribution < 1.29 is 0 Å². The molecule has 0 aliphatic carbocycles. The van der Waals surface area contributed by atoms with Crippen molar-refractivity contribution in [2.75, 3.05) is 14.1 Å². The standard InChI is InChI=1S/C12H34N2Si4/c1-13-15(3,4)11-17(7,8)14(2)18(9,10)12-16(13,5)6/h11-12H2,1-10H3. The second-order valence-corrected chi connectivity index (χ2v) is 29.6. The summed E-state index contributed by atoms with van der Waals surface area (Å²) in [4.78, 5) is 0. The molecule has 0 unspecified atom stereocenters. The van der Waals surface area contributed by atoms with Gasteiger partial charge in [0.2, 0.25) is 0 Å². The van der Waals surface area contributed by atoms with Gasteiger partial charge in [-0.2, -0.15) is 0 Å². The highest BCUT2D eigenvalue weighted by atomic mass is 28.5. The SMILES string of the molecule is CN1[Si](C)(C)C[Si](C)(C)N(C)[Si](C)(C)C[Si]1(C)C. The van der Waals surface area contributed by atoms with E-state index in [-0.39, 0.29) is 0 Å². The van der Waals surface area contributed by atoms with Crippen LogP contribution in [0.2, 0.25) is 63.7 Å². The molecule has 0 aromatic heterocycles. The molecule has 0 bridgehead atoms. The van der Waals surface area contributed by atoms with Crippen molar-refractivity contribution in [1.82, 2.24) is 8.46 Å². The van der Waals surface area contributed by atoms with Gasteiger partial charge in [0, 0.05) is 0 Å². The summed E-state index contributed by atoms with van der Waals surface area (Å²) in [6.45, 7) is 20.8. The van der Waals surface area contributed by atoms with Crippen molar-refractivity contribution in [2.24, 2.45) is 0 Å². The first-order valence-electron chi connectivity index (χ1n) is 7.20. The van der Waals surface area contributed by atoms with Gasteiger partial charge in [0.05, 0.1) is 0 Å². The summed E-state index contributed by atoms with van der Waals surface area (Å²) in [6.07, 6.45) is 0. The molecule has 18 heavy (non-hydrogen) atoms. The smallest absolute Gasteiger partial charge is 0.113 e. The highest BCUT2D eigenvalue weighted by Crippen LogP contribution is 2.37. The van der Waals surface area contributed by atoms with Crippen LogP contribution in [0.1, 0.15) is 0 Å². The van der Waals surface area contributed by atoms with Gasteiger partial charge in [-0.15, -0.1) is 0 Å². The molecule has 0 aromatic carbocycles. The average Bonchev–Trinajstić information content (AvgIpc) is 2.10. The van der Waals surface area contributed by atoms with Gasteiger partial charge in [0.1, 0.15) is 32.9 Å². The van der Waals surface area contributed by atoms with Gasteiger partial charge >= 0.3 is 0 Å². The summed E-state index contributed by atoms with van der Waals surface area (Å²) in [5.41, 5.74) is 3.06. The largest absolute Gasteiger partial charge is 0.349 e. The zero-order valence-electron chi connectivity index (χ0n) is 14.3. The van der Waals surface area contributed by atoms with Gasteiger partial charge in [-0.1, -0.05) is 52.4 Å². The summed E-state index contributed by atoms with van der Waals surface area (Å²) in [6, 6.07) is 0. The first-order valence-corrected chi connectivity index (χ1v) is 19.8. The maximum absolute atomic E-state index is 2.93. The zero-order chi connectivity index (χ0) is 14.6. The minimum Gasteiger partial charge on any atom is -0.349 e. The third-order valence-corrected chi connectivity index (χ3v) is 33.7. The molecule has 108 valence electrons. The molecule has 1 heterocycles. The van der Waals surface area contributed by atoms with E-state index in [4.69, 9.17) is 0 Å². The highest BCUT2D eigenvalue weighted by Gasteiger charge is 2.51. The van der Waals surface area contributed by atoms with Crippen molar-refractivity contribution in [2.45, 2.75) is 63.7 Å². The van der Waals surface area contributed by atoms with E-state index < -0.39 is 32.9 Å². The van der Waals surface area contributed by atoms with Crippen LogP contribution < -0.4 is 0 Å². The predicted octanol–water partition coefficient (Wildman–Crippen LogP) is 3.76. The molecule has 0 spiro atoms. The van der Waals surface area contributed by atoms with Crippen molar-refractivity contribution >= 4 is 32.9 Å². The summed E-state index contributed by atoms with van der Waals surface area (Å²) in [5.74, 6) is 0. The van der Waals surface area contributed by atoms with E-state index in [0.717, 1.165) is 0 Å². The van der Waals surface area contributed by atoms with E-state index in [1.54, 1.807) is 0 Å². The lowest BCUT2D eigenvalue weighted by atomic mass is 11.6. The van der Waals surface area contributed by atoms with Crippen molar-refractivity contribution in [3.8, 4) is 0 Å². The molecule has 1 saturated heterocycles. The molecule has 1 aliphatic heterocycles. The lowest BCUT2D eigenvalue weighted by Crippen LogP contribution is -2.73. The third kappa shape index (κ3) is 3.09. The second kappa shape index (κ2) is 4.66. The fourth-order valence-corrected chi connectivity index (χ4v) is 40.9. The monoisotopic (exact) mass is 318 g/mol. The van der Waals surface area contributed by atoms with Crippen LogP contribution in [0, 0.1) is 0 Å². The summed E-state index contributed by atoms with van der Waals surface area (Å²) >= 11 is 0. The average molecular weight is 319 g/mol. The number of hydrogen-bond donors (Lipinski definition) is 0. The van der Waals surface area contributed by atoms with Crippen LogP contribution >= 0.6 is 0 Å². The molecule has 1 rings (SSSR count). The fourth-order valence-electron chi connectivity index (χ4n) is 4.23. The molecule has 1 aliphatic rings. The Morgan fingerprint density at radius 3 is 0.833 bits per heavy atom. The van der Waals surface area contributed by atoms with Crippen LogP contribution in [0.5, 0.6) is 0 Å². The Morgan fingerprint density at radius 2 is 0.667 bits per heavy atom. The lowest BCUT2D eigenvalue weighted by molar-refractivity contribution is 0.699. The van der Waals surface area contributed by atoms with E-state index in [2.05, 4.69) is 74.9 Å². The van der Waals surface area contributed by atoms with Gasteiger partial charge < -0.3 is 8.46 Å². The molecule has 0 saturated carbocycles. The van der Waals surface area contributed by atoms with E-state index in [0.29, 0.717) is 0 Å². The molecule has 0 amide bonds. The Kier molecular flexibility index (Phi) is 4.36. The quantitative estimate of drug-likeness (QED) is 0.627. The lowest BCUT2D eigenvalue weighted by Gasteiger charge is -2.57. The minimum atomic E-state index is -1.21. The van der Waals surface area contributed by atoms with E-state index in [1.165, 1.54) is 11.3 Å². The van der Waals surface area contributed by atoms with Crippen LogP contribution in [0.3, 0.4) is 0 Å². The van der Waals surface area contributed by atoms with Gasteiger partial charge in [-0.3, -0.25) is 0 Å². The first kappa shape index (κ1) is 16.8. The molecule has 2 nitrogen and oxygen atoms in total. The minimum absolute atomic E-state index is 1.21. The van der Waals surface area contributed by atoms with Gasteiger partial charge in [-0.25, -0.2) is 0 Å². The Labute approximate surface area is 119 Å². The molecular weight excluding hydrogens is 284 g/mol. The summed E-state index contributed by atoms with van der Waals surface area (Å²) in [5, 5.41) is 0. The topological polar surface area (TPSA) is 6.48 Å². The van der Waals surface area contributed by atoms with Crippen LogP contribution in [0.25, 0.3) is 0 Å². The summed E-state index contributed by atoms with van der Waals surface area (Å²) in [7, 11) is 0.0571. The zero-order valence-corrected chi connectivity index (χ0v) is 18.3. The molecule has 0 N–H and O–H groups in total.